The van der Waals surface area contributed by atoms with E-state index in [-0.39, 0.29) is 0 Å². The van der Waals surface area contributed by atoms with Gasteiger partial charge in [0.1, 0.15) is 6.15 Å². The van der Waals surface area contributed by atoms with Crippen molar-refractivity contribution in [1.29, 1.82) is 0 Å². The van der Waals surface area contributed by atoms with Gasteiger partial charge >= 0.3 is 0 Å². The zero-order valence-electron chi connectivity index (χ0n) is 27.7. The topological polar surface area (TPSA) is 4.44 Å². The van der Waals surface area contributed by atoms with E-state index in [1.165, 1.54) is 102 Å². The van der Waals surface area contributed by atoms with Gasteiger partial charge in [0.05, 0.1) is 19.6 Å². The fourth-order valence-electron chi connectivity index (χ4n) is 6.57. The Morgan fingerprint density at radius 3 is 0.905 bits per heavy atom. The van der Waals surface area contributed by atoms with Gasteiger partial charge < -0.3 is 4.90 Å². The first-order valence-corrected chi connectivity index (χ1v) is 16.6. The molecule has 224 valence electrons. The van der Waals surface area contributed by atoms with Gasteiger partial charge in [0.2, 0.25) is 0 Å². The average molecular weight is 562 g/mol. The molecule has 0 heterocycles. The van der Waals surface area contributed by atoms with Crippen molar-refractivity contribution in [2.75, 3.05) is 19.6 Å². The SMILES string of the molecule is CCCC[NH+](CCCC)CCCC.Cc1cccc([B-](c2cccc(C)c2)(c2cccc(C)c2)c2cccc(C)c2)c1. The molecule has 0 aliphatic carbocycles. The Hall–Kier alpha value is -3.10. The van der Waals surface area contributed by atoms with Gasteiger partial charge in [-0.25, -0.2) is 0 Å². The Balaban J connectivity index is 0.000000316. The van der Waals surface area contributed by atoms with E-state index in [9.17, 15) is 0 Å². The largest absolute Gasteiger partial charge is 0.335 e. The minimum Gasteiger partial charge on any atom is -0.335 e. The predicted octanol–water partition coefficient (Wildman–Crippen LogP) is 6.57. The third kappa shape index (κ3) is 8.95. The lowest BCUT2D eigenvalue weighted by atomic mass is 9.13. The molecule has 0 fully saturated rings. The highest BCUT2D eigenvalue weighted by atomic mass is 15.1. The van der Waals surface area contributed by atoms with Crippen LogP contribution in [0.4, 0.5) is 0 Å². The van der Waals surface area contributed by atoms with Crippen LogP contribution in [-0.4, -0.2) is 25.8 Å². The van der Waals surface area contributed by atoms with Crippen LogP contribution < -0.4 is 26.8 Å². The van der Waals surface area contributed by atoms with Crippen molar-refractivity contribution in [2.24, 2.45) is 0 Å². The van der Waals surface area contributed by atoms with Crippen molar-refractivity contribution in [2.45, 2.75) is 87.0 Å². The first kappa shape index (κ1) is 33.4. The first-order chi connectivity index (χ1) is 20.3. The number of benzene rings is 4. The number of aryl methyl sites for hydroxylation is 4. The van der Waals surface area contributed by atoms with Gasteiger partial charge in [-0.1, -0.05) is 159 Å². The van der Waals surface area contributed by atoms with Crippen molar-refractivity contribution < 1.29 is 4.90 Å². The van der Waals surface area contributed by atoms with E-state index in [2.05, 4.69) is 146 Å². The normalized spacial score (nSPS) is 11.3. The van der Waals surface area contributed by atoms with Crippen LogP contribution in [0.25, 0.3) is 0 Å². The highest BCUT2D eigenvalue weighted by Crippen LogP contribution is 2.13. The molecule has 0 amide bonds. The summed E-state index contributed by atoms with van der Waals surface area (Å²) in [6, 6.07) is 36.2. The van der Waals surface area contributed by atoms with E-state index in [1.807, 2.05) is 4.90 Å². The van der Waals surface area contributed by atoms with Crippen LogP contribution in [0.1, 0.15) is 81.5 Å². The van der Waals surface area contributed by atoms with E-state index < -0.39 is 6.15 Å². The Kier molecular flexibility index (Phi) is 13.6. The fraction of sp³-hybridized carbons (Fsp3) is 0.400. The molecule has 0 unspecified atom stereocenters. The molecule has 2 heteroatoms. The van der Waals surface area contributed by atoms with Gasteiger partial charge in [0, 0.05) is 0 Å². The molecule has 4 aromatic rings. The second-order valence-electron chi connectivity index (χ2n) is 12.6. The molecule has 0 radical (unpaired) electrons. The van der Waals surface area contributed by atoms with Crippen LogP contribution in [0.2, 0.25) is 0 Å². The standard InChI is InChI=1S/C28H28B.C12H27N/c1-21-9-5-13-25(17-21)29(26-14-6-10-22(2)18-26,27-15-7-11-23(3)19-27)28-16-8-12-24(4)20-28;1-4-7-10-13(11-8-5-2)12-9-6-3/h5-20H,1-4H3;4-12H2,1-3H3/q-1;/p+1. The monoisotopic (exact) mass is 561 g/mol. The molecule has 0 spiro atoms. The third-order valence-electron chi connectivity index (χ3n) is 8.82. The minimum atomic E-state index is -1.29. The minimum absolute atomic E-state index is 1.29. The summed E-state index contributed by atoms with van der Waals surface area (Å²) in [5.41, 5.74) is 10.6. The summed E-state index contributed by atoms with van der Waals surface area (Å²) < 4.78 is 0. The summed E-state index contributed by atoms with van der Waals surface area (Å²) in [6.45, 7) is 19.8. The van der Waals surface area contributed by atoms with Crippen molar-refractivity contribution in [3.63, 3.8) is 0 Å². The van der Waals surface area contributed by atoms with Crippen molar-refractivity contribution >= 4 is 28.0 Å². The maximum atomic E-state index is 2.37. The second kappa shape index (κ2) is 17.1. The van der Waals surface area contributed by atoms with Gasteiger partial charge in [-0.3, -0.25) is 0 Å². The summed E-state index contributed by atoms with van der Waals surface area (Å²) in [5.74, 6) is 0. The molecule has 42 heavy (non-hydrogen) atoms. The molecule has 0 aliphatic heterocycles. The van der Waals surface area contributed by atoms with Crippen molar-refractivity contribution in [3.05, 3.63) is 119 Å². The molecule has 0 aliphatic rings. The van der Waals surface area contributed by atoms with Gasteiger partial charge in [0.15, 0.2) is 0 Å². The molecule has 0 bridgehead atoms. The summed E-state index contributed by atoms with van der Waals surface area (Å²) in [5, 5.41) is 0. The molecule has 0 saturated carbocycles. The molecular weight excluding hydrogens is 505 g/mol. The molecule has 4 aromatic carbocycles. The maximum Gasteiger partial charge on any atom is 0.108 e. The van der Waals surface area contributed by atoms with Crippen molar-refractivity contribution in [1.82, 2.24) is 0 Å². The Morgan fingerprint density at radius 2 is 0.690 bits per heavy atom. The third-order valence-corrected chi connectivity index (χ3v) is 8.82. The maximum absolute atomic E-state index is 2.37. The molecule has 0 atom stereocenters. The smallest absolute Gasteiger partial charge is 0.108 e. The zero-order valence-corrected chi connectivity index (χ0v) is 27.7. The molecule has 4 rings (SSSR count). The fourth-order valence-corrected chi connectivity index (χ4v) is 6.57. The lowest BCUT2D eigenvalue weighted by Crippen LogP contribution is -3.12. The molecule has 1 N–H and O–H groups in total. The van der Waals surface area contributed by atoms with Crippen molar-refractivity contribution in [3.8, 4) is 0 Å². The number of hydrogen-bond acceptors (Lipinski definition) is 0. The van der Waals surface area contributed by atoms with Crippen LogP contribution in [0.5, 0.6) is 0 Å². The number of rotatable bonds is 13. The number of quaternary nitrogens is 1. The average Bonchev–Trinajstić information content (AvgIpc) is 2.98. The summed E-state index contributed by atoms with van der Waals surface area (Å²) in [4.78, 5) is 1.84. The lowest BCUT2D eigenvalue weighted by molar-refractivity contribution is -0.900. The van der Waals surface area contributed by atoms with Gasteiger partial charge in [0.25, 0.3) is 0 Å². The summed E-state index contributed by atoms with van der Waals surface area (Å²) >= 11 is 0. The van der Waals surface area contributed by atoms with Gasteiger partial charge in [-0.2, -0.15) is 21.9 Å². The molecule has 1 nitrogen and oxygen atoms in total. The summed E-state index contributed by atoms with van der Waals surface area (Å²) in [7, 11) is 0. The van der Waals surface area contributed by atoms with Crippen LogP contribution in [0.3, 0.4) is 0 Å². The predicted molar refractivity (Wildman–Crippen MR) is 189 cm³/mol. The van der Waals surface area contributed by atoms with E-state index in [0.717, 1.165) is 0 Å². The van der Waals surface area contributed by atoms with Crippen LogP contribution in [0, 0.1) is 27.7 Å². The number of hydrogen-bond donors (Lipinski definition) is 1. The molecular formula is C40H56BN. The van der Waals surface area contributed by atoms with Crippen LogP contribution >= 0.6 is 0 Å². The first-order valence-electron chi connectivity index (χ1n) is 16.6. The zero-order chi connectivity index (χ0) is 30.4. The second-order valence-corrected chi connectivity index (χ2v) is 12.6. The number of unbranched alkanes of at least 4 members (excludes halogenated alkanes) is 3. The highest BCUT2D eigenvalue weighted by molar-refractivity contribution is 7.19. The quantitative estimate of drug-likeness (QED) is 0.176. The Labute approximate surface area is 258 Å². The Bertz CT molecular complexity index is 1150. The number of nitrogens with one attached hydrogen (secondary N) is 1. The highest BCUT2D eigenvalue weighted by Gasteiger charge is 2.32. The van der Waals surface area contributed by atoms with E-state index >= 15 is 0 Å². The Morgan fingerprint density at radius 1 is 0.429 bits per heavy atom. The summed E-state index contributed by atoms with van der Waals surface area (Å²) in [6.07, 6.45) is 6.97. The van der Waals surface area contributed by atoms with Crippen LogP contribution in [-0.2, 0) is 0 Å². The van der Waals surface area contributed by atoms with Gasteiger partial charge in [-0.05, 0) is 47.0 Å². The van der Waals surface area contributed by atoms with Gasteiger partial charge in [-0.15, -0.1) is 0 Å². The van der Waals surface area contributed by atoms with E-state index in [0.29, 0.717) is 0 Å². The van der Waals surface area contributed by atoms with E-state index in [1.54, 1.807) is 0 Å². The van der Waals surface area contributed by atoms with Crippen LogP contribution in [0.15, 0.2) is 97.1 Å². The molecule has 0 aromatic heterocycles. The molecule has 0 saturated heterocycles. The lowest BCUT2D eigenvalue weighted by Gasteiger charge is -2.45. The van der Waals surface area contributed by atoms with E-state index in [4.69, 9.17) is 0 Å².